The second-order valence-corrected chi connectivity index (χ2v) is 6.30. The van der Waals surface area contributed by atoms with Gasteiger partial charge < -0.3 is 24.3 Å². The number of esters is 1. The molecule has 1 aliphatic carbocycles. The Bertz CT molecular complexity index is 639. The predicted octanol–water partition coefficient (Wildman–Crippen LogP) is 2.71. The lowest BCUT2D eigenvalue weighted by molar-refractivity contribution is -0.130. The molecule has 26 heavy (non-hydrogen) atoms. The Morgan fingerprint density at radius 3 is 2.12 bits per heavy atom. The minimum Gasteiger partial charge on any atom is -0.496 e. The molecular weight excluding hydrogens is 338 g/mol. The van der Waals surface area contributed by atoms with Crippen LogP contribution >= 0.6 is 0 Å². The summed E-state index contributed by atoms with van der Waals surface area (Å²) in [4.78, 5) is 24.8. The molecule has 0 bridgehead atoms. The van der Waals surface area contributed by atoms with E-state index in [4.69, 9.17) is 18.9 Å². The summed E-state index contributed by atoms with van der Waals surface area (Å²) >= 11 is 0. The van der Waals surface area contributed by atoms with Crippen molar-refractivity contribution in [2.24, 2.45) is 0 Å². The Kier molecular flexibility index (Phi) is 7.12. The monoisotopic (exact) mass is 365 g/mol. The maximum atomic E-state index is 12.5. The normalized spacial score (nSPS) is 15.7. The second kappa shape index (κ2) is 9.31. The molecule has 0 saturated heterocycles. The van der Waals surface area contributed by atoms with Gasteiger partial charge in [-0.05, 0) is 19.8 Å². The van der Waals surface area contributed by atoms with Crippen LogP contribution in [0.2, 0.25) is 0 Å². The zero-order valence-electron chi connectivity index (χ0n) is 15.8. The van der Waals surface area contributed by atoms with Gasteiger partial charge in [0.1, 0.15) is 11.3 Å². The Hall–Kier alpha value is -2.44. The van der Waals surface area contributed by atoms with Gasteiger partial charge in [0.25, 0.3) is 5.91 Å². The summed E-state index contributed by atoms with van der Waals surface area (Å²) in [5, 5.41) is 2.95. The van der Waals surface area contributed by atoms with Gasteiger partial charge in [0.15, 0.2) is 17.6 Å². The molecule has 1 amide bonds. The molecule has 1 fully saturated rings. The van der Waals surface area contributed by atoms with E-state index in [1.54, 1.807) is 13.0 Å². The van der Waals surface area contributed by atoms with E-state index < -0.39 is 12.1 Å². The highest BCUT2D eigenvalue weighted by Gasteiger charge is 2.25. The second-order valence-electron chi connectivity index (χ2n) is 6.30. The summed E-state index contributed by atoms with van der Waals surface area (Å²) in [5.41, 5.74) is 0.169. The van der Waals surface area contributed by atoms with Crippen molar-refractivity contribution in [3.05, 3.63) is 17.7 Å². The number of carbonyl (C=O) groups excluding carboxylic acids is 2. The Morgan fingerprint density at radius 2 is 1.54 bits per heavy atom. The maximum absolute atomic E-state index is 12.5. The lowest BCUT2D eigenvalue weighted by Gasteiger charge is -2.24. The van der Waals surface area contributed by atoms with E-state index in [-0.39, 0.29) is 23.3 Å². The molecule has 0 unspecified atom stereocenters. The zero-order chi connectivity index (χ0) is 19.1. The number of nitrogens with one attached hydrogen (secondary N) is 1. The number of ether oxygens (including phenoxy) is 4. The molecule has 2 rings (SSSR count). The summed E-state index contributed by atoms with van der Waals surface area (Å²) in [7, 11) is 4.41. The summed E-state index contributed by atoms with van der Waals surface area (Å²) in [6.07, 6.45) is 4.47. The van der Waals surface area contributed by atoms with E-state index in [0.717, 1.165) is 25.7 Å². The van der Waals surface area contributed by atoms with E-state index >= 15 is 0 Å². The van der Waals surface area contributed by atoms with Crippen LogP contribution in [0.5, 0.6) is 17.2 Å². The molecule has 7 nitrogen and oxygen atoms in total. The van der Waals surface area contributed by atoms with Crippen LogP contribution in [-0.2, 0) is 9.53 Å². The van der Waals surface area contributed by atoms with Crippen molar-refractivity contribution in [3.8, 4) is 17.2 Å². The van der Waals surface area contributed by atoms with Crippen LogP contribution in [0.3, 0.4) is 0 Å². The largest absolute Gasteiger partial charge is 0.496 e. The Balaban J connectivity index is 2.06. The summed E-state index contributed by atoms with van der Waals surface area (Å²) in [5.74, 6) is 0.148. The third-order valence-corrected chi connectivity index (χ3v) is 4.53. The van der Waals surface area contributed by atoms with Gasteiger partial charge in [0.05, 0.1) is 21.3 Å². The fraction of sp³-hybridized carbons (Fsp3) is 0.579. The van der Waals surface area contributed by atoms with Crippen LogP contribution in [0.1, 0.15) is 49.4 Å². The van der Waals surface area contributed by atoms with Crippen molar-refractivity contribution in [2.45, 2.75) is 51.2 Å². The van der Waals surface area contributed by atoms with E-state index in [9.17, 15) is 9.59 Å². The molecule has 144 valence electrons. The lowest BCUT2D eigenvalue weighted by atomic mass is 9.95. The van der Waals surface area contributed by atoms with Crippen molar-refractivity contribution in [1.29, 1.82) is 0 Å². The minimum atomic E-state index is -0.901. The van der Waals surface area contributed by atoms with Gasteiger partial charge in [-0.2, -0.15) is 0 Å². The predicted molar refractivity (Wildman–Crippen MR) is 96.0 cm³/mol. The highest BCUT2D eigenvalue weighted by atomic mass is 16.6. The van der Waals surface area contributed by atoms with E-state index in [1.165, 1.54) is 33.8 Å². The summed E-state index contributed by atoms with van der Waals surface area (Å²) in [6.45, 7) is 1.56. The van der Waals surface area contributed by atoms with E-state index in [1.807, 2.05) is 0 Å². The zero-order valence-corrected chi connectivity index (χ0v) is 15.8. The molecule has 1 N–H and O–H groups in total. The smallest absolute Gasteiger partial charge is 0.342 e. The number of benzene rings is 1. The molecule has 1 atom stereocenters. The first-order chi connectivity index (χ1) is 12.5. The average molecular weight is 365 g/mol. The first kappa shape index (κ1) is 19.9. The average Bonchev–Trinajstić information content (AvgIpc) is 2.67. The van der Waals surface area contributed by atoms with Gasteiger partial charge in [0, 0.05) is 18.2 Å². The number of amides is 1. The topological polar surface area (TPSA) is 83.1 Å². The highest BCUT2D eigenvalue weighted by molar-refractivity contribution is 5.95. The number of hydrogen-bond donors (Lipinski definition) is 1. The summed E-state index contributed by atoms with van der Waals surface area (Å²) in [6, 6.07) is 3.18. The standard InChI is InChI=1S/C19H27NO6/c1-12(18(21)20-13-8-6-5-7-9-13)26-19(22)14-10-16(24-3)17(25-4)11-15(14)23-2/h10-13H,5-9H2,1-4H3,(H,20,21)/t12-/m1/s1. The number of rotatable bonds is 7. The Labute approximate surface area is 153 Å². The van der Waals surface area contributed by atoms with Gasteiger partial charge in [-0.25, -0.2) is 4.79 Å². The van der Waals surface area contributed by atoms with Crippen LogP contribution in [0.4, 0.5) is 0 Å². The number of carbonyl (C=O) groups is 2. The van der Waals surface area contributed by atoms with Gasteiger partial charge in [-0.1, -0.05) is 19.3 Å². The molecule has 0 aromatic heterocycles. The van der Waals surface area contributed by atoms with Crippen LogP contribution in [-0.4, -0.2) is 45.4 Å². The third kappa shape index (κ3) is 4.80. The fourth-order valence-corrected chi connectivity index (χ4v) is 3.03. The van der Waals surface area contributed by atoms with Crippen molar-refractivity contribution >= 4 is 11.9 Å². The molecule has 0 spiro atoms. The van der Waals surface area contributed by atoms with Gasteiger partial charge in [0.2, 0.25) is 0 Å². The highest BCUT2D eigenvalue weighted by Crippen LogP contribution is 2.35. The fourth-order valence-electron chi connectivity index (χ4n) is 3.03. The molecule has 7 heteroatoms. The molecule has 1 aromatic carbocycles. The minimum absolute atomic E-state index is 0.160. The molecule has 0 aliphatic heterocycles. The molecule has 1 aliphatic rings. The van der Waals surface area contributed by atoms with Gasteiger partial charge in [-0.3, -0.25) is 4.79 Å². The quantitative estimate of drug-likeness (QED) is 0.748. The molecular formula is C19H27NO6. The van der Waals surface area contributed by atoms with Crippen LogP contribution < -0.4 is 19.5 Å². The molecule has 0 radical (unpaired) electrons. The lowest BCUT2D eigenvalue weighted by Crippen LogP contribution is -2.42. The molecule has 1 saturated carbocycles. The number of hydrogen-bond acceptors (Lipinski definition) is 6. The van der Waals surface area contributed by atoms with Crippen molar-refractivity contribution in [1.82, 2.24) is 5.32 Å². The van der Waals surface area contributed by atoms with Crippen molar-refractivity contribution < 1.29 is 28.5 Å². The van der Waals surface area contributed by atoms with Gasteiger partial charge >= 0.3 is 5.97 Å². The van der Waals surface area contributed by atoms with Crippen LogP contribution in [0.25, 0.3) is 0 Å². The molecule has 1 aromatic rings. The SMILES string of the molecule is COc1cc(OC)c(C(=O)O[C@H](C)C(=O)NC2CCCCC2)cc1OC. The first-order valence-corrected chi connectivity index (χ1v) is 8.81. The third-order valence-electron chi connectivity index (χ3n) is 4.53. The first-order valence-electron chi connectivity index (χ1n) is 8.81. The van der Waals surface area contributed by atoms with E-state index in [0.29, 0.717) is 11.5 Å². The summed E-state index contributed by atoms with van der Waals surface area (Å²) < 4.78 is 21.0. The maximum Gasteiger partial charge on any atom is 0.342 e. The van der Waals surface area contributed by atoms with E-state index in [2.05, 4.69) is 5.32 Å². The number of methoxy groups -OCH3 is 3. The Morgan fingerprint density at radius 1 is 0.962 bits per heavy atom. The van der Waals surface area contributed by atoms with Crippen molar-refractivity contribution in [3.63, 3.8) is 0 Å². The van der Waals surface area contributed by atoms with Crippen molar-refractivity contribution in [2.75, 3.05) is 21.3 Å². The van der Waals surface area contributed by atoms with Crippen LogP contribution in [0, 0.1) is 0 Å². The molecule has 0 heterocycles. The van der Waals surface area contributed by atoms with Crippen LogP contribution in [0.15, 0.2) is 12.1 Å². The van der Waals surface area contributed by atoms with Gasteiger partial charge in [-0.15, -0.1) is 0 Å².